The molecule has 27 heavy (non-hydrogen) atoms. The van der Waals surface area contributed by atoms with Crippen LogP contribution in [-0.4, -0.2) is 62.2 Å². The molecule has 0 radical (unpaired) electrons. The molecule has 0 aromatic heterocycles. The van der Waals surface area contributed by atoms with Gasteiger partial charge in [0, 0.05) is 56.1 Å². The number of benzene rings is 1. The maximum Gasteiger partial charge on any atom is 0.227 e. The third-order valence-corrected chi connectivity index (χ3v) is 6.62. The third-order valence-electron chi connectivity index (χ3n) is 6.62. The summed E-state index contributed by atoms with van der Waals surface area (Å²) in [6.07, 6.45) is 6.78. The molecule has 0 spiro atoms. The standard InChI is InChI=1S/C22H34N4O/c1-2-24-12-4-8-21(24)17-23-18-10-14-25(15-11-18)19-6-3-7-20(16-19)26-13-5-9-22(26)27/h3,6-7,16,18,21,23H,2,4-5,8-15,17H2,1H3/t21-/m0/s1. The number of anilines is 2. The van der Waals surface area contributed by atoms with Crippen LogP contribution in [-0.2, 0) is 4.79 Å². The lowest BCUT2D eigenvalue weighted by Crippen LogP contribution is -2.46. The molecule has 148 valence electrons. The molecule has 1 amide bonds. The lowest BCUT2D eigenvalue weighted by molar-refractivity contribution is -0.117. The number of likely N-dealkylation sites (tertiary alicyclic amines) is 1. The highest BCUT2D eigenvalue weighted by molar-refractivity contribution is 5.95. The van der Waals surface area contributed by atoms with E-state index in [-0.39, 0.29) is 5.91 Å². The highest BCUT2D eigenvalue weighted by atomic mass is 16.2. The molecule has 1 aromatic rings. The number of nitrogens with zero attached hydrogens (tertiary/aromatic N) is 3. The Morgan fingerprint density at radius 1 is 1.04 bits per heavy atom. The van der Waals surface area contributed by atoms with Crippen molar-refractivity contribution in [3.8, 4) is 0 Å². The Morgan fingerprint density at radius 2 is 1.85 bits per heavy atom. The molecule has 0 saturated carbocycles. The summed E-state index contributed by atoms with van der Waals surface area (Å²) in [5.41, 5.74) is 2.33. The Kier molecular flexibility index (Phi) is 5.98. The van der Waals surface area contributed by atoms with E-state index in [9.17, 15) is 4.79 Å². The van der Waals surface area contributed by atoms with Gasteiger partial charge in [-0.25, -0.2) is 0 Å². The van der Waals surface area contributed by atoms with Crippen molar-refractivity contribution in [1.82, 2.24) is 10.2 Å². The summed E-state index contributed by atoms with van der Waals surface area (Å²) < 4.78 is 0. The van der Waals surface area contributed by atoms with Gasteiger partial charge < -0.3 is 15.1 Å². The van der Waals surface area contributed by atoms with E-state index in [1.54, 1.807) is 0 Å². The Bertz CT molecular complexity index is 641. The zero-order chi connectivity index (χ0) is 18.6. The molecule has 4 rings (SSSR count). The maximum atomic E-state index is 12.0. The lowest BCUT2D eigenvalue weighted by Gasteiger charge is -2.35. The van der Waals surface area contributed by atoms with Gasteiger partial charge in [-0.05, 0) is 63.4 Å². The van der Waals surface area contributed by atoms with E-state index in [1.165, 1.54) is 44.5 Å². The molecule has 3 aliphatic rings. The fraction of sp³-hybridized carbons (Fsp3) is 0.682. The molecular weight excluding hydrogens is 336 g/mol. The number of carbonyl (C=O) groups is 1. The molecule has 3 fully saturated rings. The van der Waals surface area contributed by atoms with E-state index in [0.29, 0.717) is 12.5 Å². The van der Waals surface area contributed by atoms with Gasteiger partial charge in [0.05, 0.1) is 0 Å². The Balaban J connectivity index is 1.28. The summed E-state index contributed by atoms with van der Waals surface area (Å²) in [6, 6.07) is 9.94. The van der Waals surface area contributed by atoms with E-state index in [2.05, 4.69) is 46.3 Å². The molecular formula is C22H34N4O. The van der Waals surface area contributed by atoms with Crippen LogP contribution in [0.25, 0.3) is 0 Å². The van der Waals surface area contributed by atoms with Crippen LogP contribution in [0.1, 0.15) is 45.4 Å². The highest BCUT2D eigenvalue weighted by Gasteiger charge is 2.26. The van der Waals surface area contributed by atoms with Crippen LogP contribution < -0.4 is 15.1 Å². The summed E-state index contributed by atoms with van der Waals surface area (Å²) in [5.74, 6) is 0.267. The minimum absolute atomic E-state index is 0.267. The molecule has 3 aliphatic heterocycles. The highest BCUT2D eigenvalue weighted by Crippen LogP contribution is 2.28. The molecule has 1 atom stereocenters. The molecule has 0 bridgehead atoms. The van der Waals surface area contributed by atoms with Crippen LogP contribution in [0.3, 0.4) is 0 Å². The molecule has 3 heterocycles. The van der Waals surface area contributed by atoms with Crippen molar-refractivity contribution in [2.24, 2.45) is 0 Å². The largest absolute Gasteiger partial charge is 0.371 e. The lowest BCUT2D eigenvalue weighted by atomic mass is 10.0. The van der Waals surface area contributed by atoms with Crippen LogP contribution in [0.5, 0.6) is 0 Å². The van der Waals surface area contributed by atoms with E-state index in [0.717, 1.165) is 44.3 Å². The first kappa shape index (κ1) is 18.8. The van der Waals surface area contributed by atoms with Gasteiger partial charge in [-0.15, -0.1) is 0 Å². The van der Waals surface area contributed by atoms with Gasteiger partial charge >= 0.3 is 0 Å². The number of amides is 1. The number of rotatable bonds is 6. The van der Waals surface area contributed by atoms with E-state index in [4.69, 9.17) is 0 Å². The zero-order valence-corrected chi connectivity index (χ0v) is 16.7. The summed E-state index contributed by atoms with van der Waals surface area (Å²) in [7, 11) is 0. The normalized spacial score (nSPS) is 24.9. The molecule has 0 aliphatic carbocycles. The van der Waals surface area contributed by atoms with Gasteiger partial charge in [-0.1, -0.05) is 13.0 Å². The van der Waals surface area contributed by atoms with Crippen LogP contribution in [0.2, 0.25) is 0 Å². The number of hydrogen-bond acceptors (Lipinski definition) is 4. The number of likely N-dealkylation sites (N-methyl/N-ethyl adjacent to an activating group) is 1. The average Bonchev–Trinajstić information content (AvgIpc) is 3.35. The van der Waals surface area contributed by atoms with Gasteiger partial charge in [0.2, 0.25) is 5.91 Å². The Morgan fingerprint density at radius 3 is 2.59 bits per heavy atom. The predicted molar refractivity (Wildman–Crippen MR) is 112 cm³/mol. The summed E-state index contributed by atoms with van der Waals surface area (Å²) >= 11 is 0. The molecule has 3 saturated heterocycles. The van der Waals surface area contributed by atoms with Crippen LogP contribution in [0.15, 0.2) is 24.3 Å². The van der Waals surface area contributed by atoms with Crippen molar-refractivity contribution in [3.63, 3.8) is 0 Å². The molecule has 1 N–H and O–H groups in total. The quantitative estimate of drug-likeness (QED) is 0.836. The Hall–Kier alpha value is -1.59. The smallest absolute Gasteiger partial charge is 0.227 e. The summed E-state index contributed by atoms with van der Waals surface area (Å²) in [6.45, 7) is 8.93. The summed E-state index contributed by atoms with van der Waals surface area (Å²) in [5, 5.41) is 3.84. The van der Waals surface area contributed by atoms with Crippen molar-refractivity contribution >= 4 is 17.3 Å². The summed E-state index contributed by atoms with van der Waals surface area (Å²) in [4.78, 5) is 19.1. The minimum Gasteiger partial charge on any atom is -0.371 e. The fourth-order valence-electron chi connectivity index (χ4n) is 4.97. The monoisotopic (exact) mass is 370 g/mol. The van der Waals surface area contributed by atoms with Crippen molar-refractivity contribution in [2.75, 3.05) is 49.1 Å². The van der Waals surface area contributed by atoms with Crippen LogP contribution in [0.4, 0.5) is 11.4 Å². The molecule has 5 heteroatoms. The van der Waals surface area contributed by atoms with Crippen molar-refractivity contribution < 1.29 is 4.79 Å². The van der Waals surface area contributed by atoms with Gasteiger partial charge in [-0.2, -0.15) is 0 Å². The number of nitrogens with one attached hydrogen (secondary N) is 1. The predicted octanol–water partition coefficient (Wildman–Crippen LogP) is 2.86. The van der Waals surface area contributed by atoms with E-state index < -0.39 is 0 Å². The first-order valence-electron chi connectivity index (χ1n) is 10.9. The van der Waals surface area contributed by atoms with E-state index >= 15 is 0 Å². The van der Waals surface area contributed by atoms with Gasteiger partial charge in [0.1, 0.15) is 0 Å². The molecule has 0 unspecified atom stereocenters. The van der Waals surface area contributed by atoms with Crippen LogP contribution >= 0.6 is 0 Å². The second-order valence-electron chi connectivity index (χ2n) is 8.26. The number of hydrogen-bond donors (Lipinski definition) is 1. The number of carbonyl (C=O) groups excluding carboxylic acids is 1. The van der Waals surface area contributed by atoms with E-state index in [1.807, 2.05) is 4.90 Å². The molecule has 1 aromatic carbocycles. The first-order chi connectivity index (χ1) is 13.2. The Labute approximate surface area is 163 Å². The van der Waals surface area contributed by atoms with Crippen molar-refractivity contribution in [2.45, 2.75) is 57.5 Å². The minimum atomic E-state index is 0.267. The topological polar surface area (TPSA) is 38.8 Å². The molecule has 5 nitrogen and oxygen atoms in total. The van der Waals surface area contributed by atoms with Crippen molar-refractivity contribution in [1.29, 1.82) is 0 Å². The average molecular weight is 371 g/mol. The van der Waals surface area contributed by atoms with Gasteiger partial charge in [0.15, 0.2) is 0 Å². The second-order valence-corrected chi connectivity index (χ2v) is 8.26. The van der Waals surface area contributed by atoms with Gasteiger partial charge in [-0.3, -0.25) is 9.69 Å². The number of piperidine rings is 1. The van der Waals surface area contributed by atoms with Crippen LogP contribution in [0, 0.1) is 0 Å². The second kappa shape index (κ2) is 8.61. The third kappa shape index (κ3) is 4.30. The first-order valence-corrected chi connectivity index (χ1v) is 10.9. The van der Waals surface area contributed by atoms with Gasteiger partial charge in [0.25, 0.3) is 0 Å². The van der Waals surface area contributed by atoms with Crippen molar-refractivity contribution in [3.05, 3.63) is 24.3 Å². The maximum absolute atomic E-state index is 12.0. The fourth-order valence-corrected chi connectivity index (χ4v) is 4.97. The zero-order valence-electron chi connectivity index (χ0n) is 16.7. The SMILES string of the molecule is CCN1CCC[C@H]1CNC1CCN(c2cccc(N3CCCC3=O)c2)CC1.